The van der Waals surface area contributed by atoms with Crippen molar-refractivity contribution in [3.05, 3.63) is 71.8 Å². The monoisotopic (exact) mass is 824 g/mol. The van der Waals surface area contributed by atoms with Gasteiger partial charge in [0, 0.05) is 19.6 Å². The van der Waals surface area contributed by atoms with Crippen molar-refractivity contribution in [2.45, 2.75) is 135 Å². The number of benzene rings is 2. The molecule has 0 saturated carbocycles. The van der Waals surface area contributed by atoms with Crippen molar-refractivity contribution in [3.8, 4) is 0 Å². The van der Waals surface area contributed by atoms with Gasteiger partial charge >= 0.3 is 11.9 Å². The maximum atomic E-state index is 14.8. The summed E-state index contributed by atoms with van der Waals surface area (Å²) in [7, 11) is 7.45. The number of methoxy groups -OCH3 is 1. The summed E-state index contributed by atoms with van der Waals surface area (Å²) in [5.74, 6) is -3.32. The zero-order chi connectivity index (χ0) is 43.3. The average molecular weight is 825 g/mol. The first-order valence-corrected chi connectivity index (χ1v) is 20.9. The minimum atomic E-state index is -1.58. The molecule has 5 rings (SSSR count). The van der Waals surface area contributed by atoms with Crippen LogP contribution in [0.2, 0.25) is 0 Å². The molecule has 0 unspecified atom stereocenters. The number of rotatable bonds is 11. The molecule has 0 amide bonds. The predicted octanol–water partition coefficient (Wildman–Crippen LogP) is 5.92. The van der Waals surface area contributed by atoms with Crippen LogP contribution in [-0.2, 0) is 54.1 Å². The third kappa shape index (κ3) is 11.4. The molecule has 0 radical (unpaired) electrons. The van der Waals surface area contributed by atoms with Crippen LogP contribution in [-0.4, -0.2) is 136 Å². The molecule has 13 heteroatoms. The highest BCUT2D eigenvalue weighted by Crippen LogP contribution is 2.39. The Morgan fingerprint density at radius 1 is 0.949 bits per heavy atom. The minimum Gasteiger partial charge on any atom is -0.463 e. The Kier molecular flexibility index (Phi) is 15.6. The number of nitrogens with zero attached hydrogens (tertiary/aromatic N) is 2. The van der Waals surface area contributed by atoms with Crippen molar-refractivity contribution in [1.29, 1.82) is 0 Å². The van der Waals surface area contributed by atoms with Crippen molar-refractivity contribution >= 4 is 17.7 Å². The number of Topliss-reactive ketones (excluding diaryl/α,β-unsaturated/α-hetero) is 1. The van der Waals surface area contributed by atoms with Crippen LogP contribution >= 0.6 is 0 Å². The highest BCUT2D eigenvalue weighted by molar-refractivity contribution is 6.04. The van der Waals surface area contributed by atoms with E-state index in [1.807, 2.05) is 90.1 Å². The van der Waals surface area contributed by atoms with E-state index in [1.165, 1.54) is 0 Å². The van der Waals surface area contributed by atoms with Gasteiger partial charge in [0.05, 0.1) is 48.7 Å². The molecular weight excluding hydrogens is 757 g/mol. The standard InChI is InChI=1S/C46H68N2O11/c1-29-24-46(8,52-12)40(58-42-38(34(47(9)10)23-30(2)56-42)57-41(50)33-21-17-14-18-22-33)31(3)39(49)44(4,5)43(51)54-27-35(48(11)25-29)37(36-28-55-45(6,7)59-36)53-26-32-19-15-13-16-20-32/h13-22,29-31,34-38,40,42H,23-28H2,1-12H3/t29-,30-,31+,34+,35+,36+,37+,38-,40-,42+,46-/m1/s1. The molecule has 59 heavy (non-hydrogen) atoms. The second-order valence-corrected chi connectivity index (χ2v) is 18.2. The largest absolute Gasteiger partial charge is 0.463 e. The van der Waals surface area contributed by atoms with Crippen LogP contribution < -0.4 is 0 Å². The lowest BCUT2D eigenvalue weighted by molar-refractivity contribution is -0.295. The van der Waals surface area contributed by atoms with Crippen molar-refractivity contribution in [1.82, 2.24) is 9.80 Å². The number of ether oxygens (including phenoxy) is 8. The van der Waals surface area contributed by atoms with Crippen molar-refractivity contribution in [2.24, 2.45) is 17.3 Å². The molecule has 328 valence electrons. The summed E-state index contributed by atoms with van der Waals surface area (Å²) < 4.78 is 51.3. The fourth-order valence-electron chi connectivity index (χ4n) is 8.90. The van der Waals surface area contributed by atoms with E-state index in [0.717, 1.165) is 5.56 Å². The zero-order valence-electron chi connectivity index (χ0n) is 37.2. The molecule has 11 atom stereocenters. The van der Waals surface area contributed by atoms with Gasteiger partial charge in [-0.15, -0.1) is 0 Å². The molecule has 3 fully saturated rings. The Balaban J connectivity index is 1.50. The topological polar surface area (TPSA) is 132 Å². The molecule has 13 nitrogen and oxygen atoms in total. The highest BCUT2D eigenvalue weighted by Gasteiger charge is 2.53. The van der Waals surface area contributed by atoms with Crippen LogP contribution in [0.1, 0.15) is 84.2 Å². The van der Waals surface area contributed by atoms with Gasteiger partial charge in [0.25, 0.3) is 0 Å². The van der Waals surface area contributed by atoms with Crippen LogP contribution in [0.4, 0.5) is 0 Å². The molecule has 0 spiro atoms. The van der Waals surface area contributed by atoms with Crippen molar-refractivity contribution in [2.75, 3.05) is 48.0 Å². The Labute approximate surface area is 351 Å². The first kappa shape index (κ1) is 46.8. The minimum absolute atomic E-state index is 0.0373. The smallest absolute Gasteiger partial charge is 0.338 e. The summed E-state index contributed by atoms with van der Waals surface area (Å²) in [6, 6.07) is 17.9. The number of esters is 2. The van der Waals surface area contributed by atoms with E-state index < -0.39 is 71.4 Å². The second kappa shape index (κ2) is 19.6. The van der Waals surface area contributed by atoms with Crippen LogP contribution in [0.5, 0.6) is 0 Å². The third-order valence-electron chi connectivity index (χ3n) is 12.2. The first-order chi connectivity index (χ1) is 27.8. The molecule has 2 aromatic carbocycles. The van der Waals surface area contributed by atoms with Gasteiger partial charge in [0.2, 0.25) is 0 Å². The third-order valence-corrected chi connectivity index (χ3v) is 12.2. The molecule has 0 bridgehead atoms. The summed E-state index contributed by atoms with van der Waals surface area (Å²) >= 11 is 0. The quantitative estimate of drug-likeness (QED) is 0.197. The molecule has 3 heterocycles. The summed E-state index contributed by atoms with van der Waals surface area (Å²) in [4.78, 5) is 46.7. The van der Waals surface area contributed by atoms with Crippen molar-refractivity contribution in [3.63, 3.8) is 0 Å². The Morgan fingerprint density at radius 2 is 1.59 bits per heavy atom. The molecule has 0 aromatic heterocycles. The SMILES string of the molecule is CO[C@]1(C)C[C@@H](C)CN(C)[C@H]([C@H](OCc2ccccc2)[C@@H]2COC(C)(C)O2)COC(=O)C(C)(C)C(=O)[C@H](C)[C@H]1O[C@@H]1O[C@H](C)C[C@H](N(C)C)[C@H]1OC(=O)c1ccccc1. The van der Waals surface area contributed by atoms with Gasteiger partial charge in [0.15, 0.2) is 24.0 Å². The molecular formula is C46H68N2O11. The lowest BCUT2D eigenvalue weighted by atomic mass is 9.74. The fourth-order valence-corrected chi connectivity index (χ4v) is 8.90. The number of cyclic esters (lactones) is 1. The Hall–Kier alpha value is -3.27. The molecule has 0 aliphatic carbocycles. The normalized spacial score (nSPS) is 33.9. The van der Waals surface area contributed by atoms with Crippen LogP contribution in [0.3, 0.4) is 0 Å². The van der Waals surface area contributed by atoms with Gasteiger partial charge in [-0.1, -0.05) is 62.4 Å². The molecule has 2 aromatic rings. The van der Waals surface area contributed by atoms with Gasteiger partial charge in [-0.3, -0.25) is 14.5 Å². The molecule has 3 saturated heterocycles. The van der Waals surface area contributed by atoms with Gasteiger partial charge < -0.3 is 42.8 Å². The first-order valence-electron chi connectivity index (χ1n) is 20.9. The highest BCUT2D eigenvalue weighted by atomic mass is 16.8. The van der Waals surface area contributed by atoms with Crippen LogP contribution in [0, 0.1) is 17.3 Å². The number of carbonyl (C=O) groups is 3. The zero-order valence-corrected chi connectivity index (χ0v) is 37.2. The fraction of sp³-hybridized carbons (Fsp3) is 0.674. The predicted molar refractivity (Wildman–Crippen MR) is 221 cm³/mol. The number of ketones is 1. The number of likely N-dealkylation sites (N-methyl/N-ethyl adjacent to an activating group) is 2. The maximum Gasteiger partial charge on any atom is 0.338 e. The summed E-state index contributed by atoms with van der Waals surface area (Å²) in [5, 5.41) is 0. The van der Waals surface area contributed by atoms with E-state index in [9.17, 15) is 14.4 Å². The van der Waals surface area contributed by atoms with Gasteiger partial charge in [-0.05, 0) is 99.1 Å². The maximum absolute atomic E-state index is 14.8. The lowest BCUT2D eigenvalue weighted by Gasteiger charge is -2.48. The number of hydrogen-bond acceptors (Lipinski definition) is 13. The Bertz CT molecular complexity index is 1690. The van der Waals surface area contributed by atoms with E-state index in [2.05, 4.69) is 11.8 Å². The number of carbonyl (C=O) groups excluding carboxylic acids is 3. The molecule has 3 aliphatic rings. The van der Waals surface area contributed by atoms with Crippen LogP contribution in [0.25, 0.3) is 0 Å². The van der Waals surface area contributed by atoms with E-state index >= 15 is 0 Å². The van der Waals surface area contributed by atoms with Crippen LogP contribution in [0.15, 0.2) is 60.7 Å². The van der Waals surface area contributed by atoms with E-state index in [1.54, 1.807) is 52.1 Å². The lowest BCUT2D eigenvalue weighted by Crippen LogP contribution is -2.60. The van der Waals surface area contributed by atoms with Gasteiger partial charge in [0.1, 0.15) is 24.2 Å². The Morgan fingerprint density at radius 3 is 2.19 bits per heavy atom. The summed E-state index contributed by atoms with van der Waals surface area (Å²) in [6.07, 6.45) is -3.13. The molecule has 3 aliphatic heterocycles. The van der Waals surface area contributed by atoms with E-state index in [-0.39, 0.29) is 30.5 Å². The molecule has 0 N–H and O–H groups in total. The second-order valence-electron chi connectivity index (χ2n) is 18.2. The average Bonchev–Trinajstić information content (AvgIpc) is 3.56. The van der Waals surface area contributed by atoms with E-state index in [4.69, 9.17) is 37.9 Å². The van der Waals surface area contributed by atoms with Crippen molar-refractivity contribution < 1.29 is 52.3 Å². The number of hydrogen-bond donors (Lipinski definition) is 0. The van der Waals surface area contributed by atoms with Gasteiger partial charge in [-0.2, -0.15) is 0 Å². The van der Waals surface area contributed by atoms with E-state index in [0.29, 0.717) is 38.2 Å². The van der Waals surface area contributed by atoms with Gasteiger partial charge in [-0.25, -0.2) is 4.79 Å². The summed E-state index contributed by atoms with van der Waals surface area (Å²) in [6.45, 7) is 15.7. The summed E-state index contributed by atoms with van der Waals surface area (Å²) in [5.41, 5.74) is -1.28.